The van der Waals surface area contributed by atoms with Gasteiger partial charge in [0.15, 0.2) is 0 Å². The van der Waals surface area contributed by atoms with Gasteiger partial charge in [0, 0.05) is 6.42 Å². The summed E-state index contributed by atoms with van der Waals surface area (Å²) in [4.78, 5) is 11.2. The standard InChI is InChI=1S/C14H20O2/c1-4-16-14(15)7-5-6-13-9-8-11(2)10-12(13)3/h8-10H,4-7H2,1-3H3. The molecule has 0 N–H and O–H groups in total. The van der Waals surface area contributed by atoms with Crippen LogP contribution in [0.25, 0.3) is 0 Å². The lowest BCUT2D eigenvalue weighted by molar-refractivity contribution is -0.143. The van der Waals surface area contributed by atoms with Gasteiger partial charge in [0.25, 0.3) is 0 Å². The topological polar surface area (TPSA) is 26.3 Å². The molecule has 0 aromatic heterocycles. The van der Waals surface area contributed by atoms with Crippen LogP contribution < -0.4 is 0 Å². The molecule has 0 fully saturated rings. The summed E-state index contributed by atoms with van der Waals surface area (Å²) < 4.78 is 4.89. The third-order valence-electron chi connectivity index (χ3n) is 2.63. The van der Waals surface area contributed by atoms with Gasteiger partial charge >= 0.3 is 5.97 Å². The third kappa shape index (κ3) is 4.05. The molecule has 1 rings (SSSR count). The van der Waals surface area contributed by atoms with Gasteiger partial charge in [0.2, 0.25) is 0 Å². The van der Waals surface area contributed by atoms with Crippen LogP contribution in [0.5, 0.6) is 0 Å². The number of rotatable bonds is 5. The van der Waals surface area contributed by atoms with Crippen molar-refractivity contribution in [1.82, 2.24) is 0 Å². The SMILES string of the molecule is CCOC(=O)CCCc1ccc(C)cc1C. The Labute approximate surface area is 97.6 Å². The molecule has 2 nitrogen and oxygen atoms in total. The first-order chi connectivity index (χ1) is 7.63. The van der Waals surface area contributed by atoms with Crippen molar-refractivity contribution in [1.29, 1.82) is 0 Å². The summed E-state index contributed by atoms with van der Waals surface area (Å²) in [6.45, 7) is 6.52. The second kappa shape index (κ2) is 6.31. The summed E-state index contributed by atoms with van der Waals surface area (Å²) in [6.07, 6.45) is 2.33. The number of hydrogen-bond donors (Lipinski definition) is 0. The molecular formula is C14H20O2. The maximum absolute atomic E-state index is 11.2. The first kappa shape index (κ1) is 12.8. The Hall–Kier alpha value is -1.31. The summed E-state index contributed by atoms with van der Waals surface area (Å²) in [7, 11) is 0. The van der Waals surface area contributed by atoms with Gasteiger partial charge in [-0.1, -0.05) is 23.8 Å². The van der Waals surface area contributed by atoms with Gasteiger partial charge in [-0.15, -0.1) is 0 Å². The smallest absolute Gasteiger partial charge is 0.305 e. The number of ether oxygens (including phenoxy) is 1. The number of carbonyl (C=O) groups excluding carboxylic acids is 1. The second-order valence-corrected chi connectivity index (χ2v) is 4.09. The quantitative estimate of drug-likeness (QED) is 0.712. The molecule has 0 aliphatic rings. The monoisotopic (exact) mass is 220 g/mol. The molecule has 0 bridgehead atoms. The minimum atomic E-state index is -0.0905. The van der Waals surface area contributed by atoms with E-state index in [9.17, 15) is 4.79 Å². The summed E-state index contributed by atoms with van der Waals surface area (Å²) in [5.41, 5.74) is 3.92. The van der Waals surface area contributed by atoms with Crippen molar-refractivity contribution < 1.29 is 9.53 Å². The lowest BCUT2D eigenvalue weighted by Crippen LogP contribution is -2.04. The highest BCUT2D eigenvalue weighted by Crippen LogP contribution is 2.13. The molecule has 0 atom stereocenters. The van der Waals surface area contributed by atoms with E-state index in [0.717, 1.165) is 12.8 Å². The highest BCUT2D eigenvalue weighted by Gasteiger charge is 2.03. The van der Waals surface area contributed by atoms with Crippen LogP contribution >= 0.6 is 0 Å². The summed E-state index contributed by atoms with van der Waals surface area (Å²) >= 11 is 0. The minimum absolute atomic E-state index is 0.0905. The van der Waals surface area contributed by atoms with Crippen molar-refractivity contribution in [2.45, 2.75) is 40.0 Å². The van der Waals surface area contributed by atoms with E-state index in [1.165, 1.54) is 16.7 Å². The average molecular weight is 220 g/mol. The molecule has 0 unspecified atom stereocenters. The Morgan fingerprint density at radius 2 is 2.06 bits per heavy atom. The van der Waals surface area contributed by atoms with Gasteiger partial charge in [-0.25, -0.2) is 0 Å². The lowest BCUT2D eigenvalue weighted by Gasteiger charge is -2.06. The molecule has 0 saturated heterocycles. The van der Waals surface area contributed by atoms with Crippen LogP contribution in [0.2, 0.25) is 0 Å². The fourth-order valence-electron chi connectivity index (χ4n) is 1.78. The van der Waals surface area contributed by atoms with Crippen molar-refractivity contribution in [3.63, 3.8) is 0 Å². The van der Waals surface area contributed by atoms with Gasteiger partial charge in [-0.3, -0.25) is 4.79 Å². The van der Waals surface area contributed by atoms with E-state index in [4.69, 9.17) is 4.74 Å². The Kier molecular flexibility index (Phi) is 5.03. The van der Waals surface area contributed by atoms with E-state index in [1.807, 2.05) is 6.92 Å². The Balaban J connectivity index is 2.40. The van der Waals surface area contributed by atoms with Crippen LogP contribution in [0, 0.1) is 13.8 Å². The van der Waals surface area contributed by atoms with Gasteiger partial charge in [0.05, 0.1) is 6.61 Å². The summed E-state index contributed by atoms with van der Waals surface area (Å²) in [5, 5.41) is 0. The molecule has 16 heavy (non-hydrogen) atoms. The minimum Gasteiger partial charge on any atom is -0.466 e. The predicted octanol–water partition coefficient (Wildman–Crippen LogP) is 3.19. The van der Waals surface area contributed by atoms with Gasteiger partial charge in [-0.05, 0) is 44.7 Å². The van der Waals surface area contributed by atoms with Crippen LogP contribution in [-0.4, -0.2) is 12.6 Å². The Bertz CT molecular complexity index is 356. The van der Waals surface area contributed by atoms with Crippen molar-refractivity contribution in [2.24, 2.45) is 0 Å². The number of hydrogen-bond acceptors (Lipinski definition) is 2. The summed E-state index contributed by atoms with van der Waals surface area (Å²) in [5.74, 6) is -0.0905. The molecule has 0 spiro atoms. The van der Waals surface area contributed by atoms with E-state index in [1.54, 1.807) is 0 Å². The van der Waals surface area contributed by atoms with Crippen LogP contribution in [0.4, 0.5) is 0 Å². The predicted molar refractivity (Wildman–Crippen MR) is 65.5 cm³/mol. The molecular weight excluding hydrogens is 200 g/mol. The number of benzene rings is 1. The maximum Gasteiger partial charge on any atom is 0.305 e. The highest BCUT2D eigenvalue weighted by atomic mass is 16.5. The molecule has 0 heterocycles. The number of aryl methyl sites for hydroxylation is 3. The van der Waals surface area contributed by atoms with E-state index in [2.05, 4.69) is 32.0 Å². The molecule has 2 heteroatoms. The molecule has 1 aromatic carbocycles. The first-order valence-corrected chi connectivity index (χ1v) is 5.85. The van der Waals surface area contributed by atoms with Crippen LogP contribution in [0.3, 0.4) is 0 Å². The largest absolute Gasteiger partial charge is 0.466 e. The van der Waals surface area contributed by atoms with Crippen molar-refractivity contribution >= 4 is 5.97 Å². The molecule has 88 valence electrons. The molecule has 1 aromatic rings. The van der Waals surface area contributed by atoms with Gasteiger partial charge in [-0.2, -0.15) is 0 Å². The van der Waals surface area contributed by atoms with Gasteiger partial charge < -0.3 is 4.74 Å². The Morgan fingerprint density at radius 1 is 1.31 bits per heavy atom. The normalized spacial score (nSPS) is 10.2. The van der Waals surface area contributed by atoms with E-state index >= 15 is 0 Å². The lowest BCUT2D eigenvalue weighted by atomic mass is 10.0. The van der Waals surface area contributed by atoms with Crippen molar-refractivity contribution in [3.05, 3.63) is 34.9 Å². The Morgan fingerprint density at radius 3 is 2.69 bits per heavy atom. The maximum atomic E-state index is 11.2. The summed E-state index contributed by atoms with van der Waals surface area (Å²) in [6, 6.07) is 6.45. The van der Waals surface area contributed by atoms with E-state index in [-0.39, 0.29) is 5.97 Å². The highest BCUT2D eigenvalue weighted by molar-refractivity contribution is 5.69. The van der Waals surface area contributed by atoms with Crippen LogP contribution in [-0.2, 0) is 16.0 Å². The molecule has 0 aliphatic heterocycles. The molecule has 0 radical (unpaired) electrons. The number of carbonyl (C=O) groups is 1. The zero-order valence-electron chi connectivity index (χ0n) is 10.4. The van der Waals surface area contributed by atoms with Crippen LogP contribution in [0.15, 0.2) is 18.2 Å². The average Bonchev–Trinajstić information content (AvgIpc) is 2.22. The second-order valence-electron chi connectivity index (χ2n) is 4.09. The zero-order valence-corrected chi connectivity index (χ0v) is 10.4. The van der Waals surface area contributed by atoms with Gasteiger partial charge in [0.1, 0.15) is 0 Å². The van der Waals surface area contributed by atoms with E-state index < -0.39 is 0 Å². The fourth-order valence-corrected chi connectivity index (χ4v) is 1.78. The van der Waals surface area contributed by atoms with Crippen molar-refractivity contribution in [2.75, 3.05) is 6.61 Å². The third-order valence-corrected chi connectivity index (χ3v) is 2.63. The first-order valence-electron chi connectivity index (χ1n) is 5.85. The van der Waals surface area contributed by atoms with E-state index in [0.29, 0.717) is 13.0 Å². The number of esters is 1. The fraction of sp³-hybridized carbons (Fsp3) is 0.500. The molecule has 0 amide bonds. The zero-order chi connectivity index (χ0) is 12.0. The molecule has 0 saturated carbocycles. The molecule has 0 aliphatic carbocycles. The van der Waals surface area contributed by atoms with Crippen molar-refractivity contribution in [3.8, 4) is 0 Å². The van der Waals surface area contributed by atoms with Crippen LogP contribution in [0.1, 0.15) is 36.5 Å².